The number of hydrogen-bond donors (Lipinski definition) is 2. The predicted molar refractivity (Wildman–Crippen MR) is 75.6 cm³/mol. The lowest BCUT2D eigenvalue weighted by molar-refractivity contribution is 0.223. The maximum Gasteiger partial charge on any atom is 0.0584 e. The highest BCUT2D eigenvalue weighted by Crippen LogP contribution is 2.39. The molecule has 1 aromatic carbocycles. The highest BCUT2D eigenvalue weighted by Gasteiger charge is 2.22. The van der Waals surface area contributed by atoms with Crippen LogP contribution in [0.1, 0.15) is 50.2 Å². The van der Waals surface area contributed by atoms with Gasteiger partial charge in [-0.15, -0.1) is 0 Å². The monoisotopic (exact) mass is 247 g/mol. The van der Waals surface area contributed by atoms with Gasteiger partial charge in [-0.05, 0) is 42.2 Å². The summed E-state index contributed by atoms with van der Waals surface area (Å²) in [5.41, 5.74) is 2.79. The van der Waals surface area contributed by atoms with E-state index in [0.29, 0.717) is 5.92 Å². The molecule has 1 aliphatic carbocycles. The van der Waals surface area contributed by atoms with Gasteiger partial charge in [0.05, 0.1) is 6.61 Å². The van der Waals surface area contributed by atoms with Crippen LogP contribution in [0.15, 0.2) is 24.3 Å². The van der Waals surface area contributed by atoms with Crippen LogP contribution in [-0.2, 0) is 6.54 Å². The molecule has 2 nitrogen and oxygen atoms in total. The molecular formula is C16H25NO. The molecule has 0 spiro atoms. The number of benzene rings is 1. The first-order chi connectivity index (χ1) is 8.69. The van der Waals surface area contributed by atoms with Crippen LogP contribution >= 0.6 is 0 Å². The topological polar surface area (TPSA) is 32.3 Å². The zero-order valence-electron chi connectivity index (χ0n) is 11.5. The average Bonchev–Trinajstić information content (AvgIpc) is 3.19. The van der Waals surface area contributed by atoms with Crippen molar-refractivity contribution in [3.05, 3.63) is 35.4 Å². The van der Waals surface area contributed by atoms with Gasteiger partial charge in [0, 0.05) is 12.6 Å². The summed E-state index contributed by atoms with van der Waals surface area (Å²) in [6.07, 6.45) is 3.74. The lowest BCUT2D eigenvalue weighted by Crippen LogP contribution is -2.33. The molecule has 1 aliphatic rings. The summed E-state index contributed by atoms with van der Waals surface area (Å²) < 4.78 is 0. The zero-order chi connectivity index (χ0) is 13.0. The Bertz CT molecular complexity index is 354. The van der Waals surface area contributed by atoms with Crippen LogP contribution in [0.5, 0.6) is 0 Å². The van der Waals surface area contributed by atoms with Gasteiger partial charge in [-0.1, -0.05) is 38.1 Å². The summed E-state index contributed by atoms with van der Waals surface area (Å²) in [6.45, 7) is 5.45. The van der Waals surface area contributed by atoms with E-state index < -0.39 is 0 Å². The standard InChI is InChI=1S/C16H25NO/c1-12(2)9-16(11-18)17-10-13-3-5-14(6-4-13)15-7-8-15/h3-6,12,15-18H,7-11H2,1-2H3. The van der Waals surface area contributed by atoms with Gasteiger partial charge in [0.25, 0.3) is 0 Å². The molecule has 2 rings (SSSR count). The van der Waals surface area contributed by atoms with E-state index in [0.717, 1.165) is 18.9 Å². The van der Waals surface area contributed by atoms with Crippen molar-refractivity contribution in [1.29, 1.82) is 0 Å². The van der Waals surface area contributed by atoms with Gasteiger partial charge in [-0.2, -0.15) is 0 Å². The Morgan fingerprint density at radius 1 is 1.22 bits per heavy atom. The number of rotatable bonds is 7. The molecule has 0 saturated heterocycles. The molecule has 0 bridgehead atoms. The average molecular weight is 247 g/mol. The molecule has 0 heterocycles. The maximum atomic E-state index is 9.32. The van der Waals surface area contributed by atoms with Gasteiger partial charge in [0.1, 0.15) is 0 Å². The van der Waals surface area contributed by atoms with Crippen molar-refractivity contribution in [3.8, 4) is 0 Å². The second-order valence-corrected chi connectivity index (χ2v) is 5.91. The minimum absolute atomic E-state index is 0.216. The molecule has 0 aliphatic heterocycles. The third kappa shape index (κ3) is 4.11. The summed E-state index contributed by atoms with van der Waals surface area (Å²) >= 11 is 0. The smallest absolute Gasteiger partial charge is 0.0584 e. The van der Waals surface area contributed by atoms with Gasteiger partial charge in [-0.3, -0.25) is 0 Å². The fourth-order valence-electron chi connectivity index (χ4n) is 2.38. The quantitative estimate of drug-likeness (QED) is 0.776. The number of aliphatic hydroxyl groups excluding tert-OH is 1. The number of aliphatic hydroxyl groups is 1. The molecule has 2 N–H and O–H groups in total. The summed E-state index contributed by atoms with van der Waals surface area (Å²) in [5.74, 6) is 1.45. The van der Waals surface area contributed by atoms with Crippen LogP contribution in [0.2, 0.25) is 0 Å². The molecular weight excluding hydrogens is 222 g/mol. The molecule has 0 amide bonds. The molecule has 18 heavy (non-hydrogen) atoms. The Hall–Kier alpha value is -0.860. The Labute approximate surface area is 110 Å². The predicted octanol–water partition coefficient (Wildman–Crippen LogP) is 3.06. The van der Waals surface area contributed by atoms with Crippen molar-refractivity contribution in [3.63, 3.8) is 0 Å². The first-order valence-corrected chi connectivity index (χ1v) is 7.12. The number of nitrogens with one attached hydrogen (secondary N) is 1. The highest BCUT2D eigenvalue weighted by atomic mass is 16.3. The van der Waals surface area contributed by atoms with Crippen molar-refractivity contribution in [1.82, 2.24) is 5.32 Å². The van der Waals surface area contributed by atoms with Crippen LogP contribution in [0.25, 0.3) is 0 Å². The van der Waals surface area contributed by atoms with Crippen molar-refractivity contribution < 1.29 is 5.11 Å². The molecule has 0 aromatic heterocycles. The second kappa shape index (κ2) is 6.35. The van der Waals surface area contributed by atoms with E-state index in [2.05, 4.69) is 43.4 Å². The largest absolute Gasteiger partial charge is 0.395 e. The zero-order valence-corrected chi connectivity index (χ0v) is 11.5. The van der Waals surface area contributed by atoms with Gasteiger partial charge < -0.3 is 10.4 Å². The van der Waals surface area contributed by atoms with Crippen molar-refractivity contribution in [2.45, 2.75) is 51.6 Å². The Balaban J connectivity index is 1.81. The highest BCUT2D eigenvalue weighted by molar-refractivity contribution is 5.27. The van der Waals surface area contributed by atoms with Crippen molar-refractivity contribution in [2.24, 2.45) is 5.92 Å². The molecule has 0 radical (unpaired) electrons. The Morgan fingerprint density at radius 2 is 1.89 bits per heavy atom. The minimum atomic E-state index is 0.216. The van der Waals surface area contributed by atoms with Crippen LogP contribution in [-0.4, -0.2) is 17.8 Å². The third-order valence-corrected chi connectivity index (χ3v) is 3.60. The Morgan fingerprint density at radius 3 is 2.39 bits per heavy atom. The molecule has 1 saturated carbocycles. The van der Waals surface area contributed by atoms with Crippen LogP contribution in [0, 0.1) is 5.92 Å². The molecule has 2 heteroatoms. The normalized spacial score (nSPS) is 17.1. The van der Waals surface area contributed by atoms with E-state index >= 15 is 0 Å². The van der Waals surface area contributed by atoms with Crippen LogP contribution < -0.4 is 5.32 Å². The van der Waals surface area contributed by atoms with Gasteiger partial charge in [-0.25, -0.2) is 0 Å². The van der Waals surface area contributed by atoms with Gasteiger partial charge in [0.15, 0.2) is 0 Å². The van der Waals surface area contributed by atoms with Crippen LogP contribution in [0.3, 0.4) is 0 Å². The lowest BCUT2D eigenvalue weighted by Gasteiger charge is -2.18. The van der Waals surface area contributed by atoms with Gasteiger partial charge in [0.2, 0.25) is 0 Å². The fourth-order valence-corrected chi connectivity index (χ4v) is 2.38. The minimum Gasteiger partial charge on any atom is -0.395 e. The van der Waals surface area contributed by atoms with E-state index in [1.165, 1.54) is 24.0 Å². The maximum absolute atomic E-state index is 9.32. The third-order valence-electron chi connectivity index (χ3n) is 3.60. The summed E-state index contributed by atoms with van der Waals surface area (Å²) in [5, 5.41) is 12.7. The number of hydrogen-bond acceptors (Lipinski definition) is 2. The summed E-state index contributed by atoms with van der Waals surface area (Å²) in [6, 6.07) is 9.15. The van der Waals surface area contributed by atoms with Gasteiger partial charge >= 0.3 is 0 Å². The Kier molecular flexibility index (Phi) is 4.79. The fraction of sp³-hybridized carbons (Fsp3) is 0.625. The van der Waals surface area contributed by atoms with Crippen LogP contribution in [0.4, 0.5) is 0 Å². The van der Waals surface area contributed by atoms with Crippen molar-refractivity contribution >= 4 is 0 Å². The van der Waals surface area contributed by atoms with E-state index in [1.807, 2.05) is 0 Å². The first kappa shape index (κ1) is 13.6. The second-order valence-electron chi connectivity index (χ2n) is 5.91. The first-order valence-electron chi connectivity index (χ1n) is 7.12. The molecule has 100 valence electrons. The summed E-state index contributed by atoms with van der Waals surface area (Å²) in [7, 11) is 0. The summed E-state index contributed by atoms with van der Waals surface area (Å²) in [4.78, 5) is 0. The van der Waals surface area contributed by atoms with E-state index in [1.54, 1.807) is 0 Å². The molecule has 1 aromatic rings. The molecule has 1 atom stereocenters. The van der Waals surface area contributed by atoms with E-state index in [4.69, 9.17) is 0 Å². The SMILES string of the molecule is CC(C)CC(CO)NCc1ccc(C2CC2)cc1. The lowest BCUT2D eigenvalue weighted by atomic mass is 10.0. The van der Waals surface area contributed by atoms with Crippen molar-refractivity contribution in [2.75, 3.05) is 6.61 Å². The molecule has 1 unspecified atom stereocenters. The molecule has 1 fully saturated rings. The van der Waals surface area contributed by atoms with E-state index in [-0.39, 0.29) is 12.6 Å². The van der Waals surface area contributed by atoms with E-state index in [9.17, 15) is 5.11 Å².